The quantitative estimate of drug-likeness (QED) is 0.683. The van der Waals surface area contributed by atoms with E-state index in [2.05, 4.69) is 46.4 Å². The number of benzene rings is 2. The molecule has 31 heavy (non-hydrogen) atoms. The summed E-state index contributed by atoms with van der Waals surface area (Å²) in [5.74, 6) is 0.345. The number of ether oxygens (including phenoxy) is 1. The molecule has 0 bridgehead atoms. The molecule has 7 nitrogen and oxygen atoms in total. The molecule has 0 saturated carbocycles. The lowest BCUT2D eigenvalue weighted by molar-refractivity contribution is 0.0946. The third-order valence-corrected chi connectivity index (χ3v) is 5.97. The molecule has 1 saturated heterocycles. The zero-order chi connectivity index (χ0) is 21.4. The topological polar surface area (TPSA) is 93.4 Å². The number of anilines is 2. The predicted octanol–water partition coefficient (Wildman–Crippen LogP) is 2.90. The van der Waals surface area contributed by atoms with Gasteiger partial charge in [-0.3, -0.25) is 4.79 Å². The molecule has 3 N–H and O–H groups in total. The summed E-state index contributed by atoms with van der Waals surface area (Å²) in [5, 5.41) is 2.87. The molecule has 1 aromatic heterocycles. The van der Waals surface area contributed by atoms with Gasteiger partial charge in [-0.15, -0.1) is 0 Å². The van der Waals surface area contributed by atoms with E-state index in [1.807, 2.05) is 18.2 Å². The molecule has 2 aliphatic heterocycles. The number of nitrogens with two attached hydrogens (primary N) is 1. The number of hydrogen-bond acceptors (Lipinski definition) is 6. The van der Waals surface area contributed by atoms with Crippen molar-refractivity contribution >= 4 is 17.4 Å². The summed E-state index contributed by atoms with van der Waals surface area (Å²) in [7, 11) is 0. The van der Waals surface area contributed by atoms with Crippen LogP contribution in [-0.2, 0) is 11.2 Å². The van der Waals surface area contributed by atoms with E-state index in [1.54, 1.807) is 6.20 Å². The Morgan fingerprint density at radius 3 is 2.77 bits per heavy atom. The largest absolute Gasteiger partial charge is 0.382 e. The van der Waals surface area contributed by atoms with Crippen LogP contribution >= 0.6 is 0 Å². The first-order valence-electron chi connectivity index (χ1n) is 10.6. The molecule has 0 aliphatic carbocycles. The first-order chi connectivity index (χ1) is 15.1. The highest BCUT2D eigenvalue weighted by atomic mass is 16.5. The van der Waals surface area contributed by atoms with Crippen LogP contribution < -0.4 is 16.0 Å². The molecule has 0 spiro atoms. The maximum absolute atomic E-state index is 12.0. The highest BCUT2D eigenvalue weighted by Crippen LogP contribution is 2.30. The number of morpholine rings is 1. The van der Waals surface area contributed by atoms with Gasteiger partial charge in [0.25, 0.3) is 5.91 Å². The highest BCUT2D eigenvalue weighted by Gasteiger charge is 2.20. The molecule has 3 heterocycles. The molecular weight excluding hydrogens is 390 g/mol. The number of fused-ring (bicyclic) bond motifs is 1. The average Bonchev–Trinajstić information content (AvgIpc) is 2.80. The van der Waals surface area contributed by atoms with Crippen LogP contribution in [0.25, 0.3) is 22.5 Å². The Morgan fingerprint density at radius 1 is 1.16 bits per heavy atom. The Kier molecular flexibility index (Phi) is 5.03. The van der Waals surface area contributed by atoms with Gasteiger partial charge in [0.1, 0.15) is 11.5 Å². The van der Waals surface area contributed by atoms with Gasteiger partial charge in [0, 0.05) is 41.5 Å². The van der Waals surface area contributed by atoms with E-state index in [-0.39, 0.29) is 5.91 Å². The van der Waals surface area contributed by atoms with Crippen molar-refractivity contribution in [2.75, 3.05) is 36.9 Å². The number of nitrogen functional groups attached to an aromatic ring is 1. The maximum Gasteiger partial charge on any atom is 0.251 e. The molecule has 158 valence electrons. The summed E-state index contributed by atoms with van der Waals surface area (Å²) in [6.07, 6.45) is 2.50. The molecular formula is C24H25N5O2. The molecule has 1 atom stereocenters. The number of rotatable bonds is 3. The number of carbonyl (C=O) groups is 1. The van der Waals surface area contributed by atoms with Gasteiger partial charge in [0.2, 0.25) is 0 Å². The van der Waals surface area contributed by atoms with Crippen molar-refractivity contribution < 1.29 is 9.53 Å². The van der Waals surface area contributed by atoms with Crippen molar-refractivity contribution in [3.63, 3.8) is 0 Å². The van der Waals surface area contributed by atoms with Crippen LogP contribution in [0, 0.1) is 0 Å². The minimum atomic E-state index is -0.0321. The summed E-state index contributed by atoms with van der Waals surface area (Å²) in [6, 6.07) is 14.5. The zero-order valence-corrected chi connectivity index (χ0v) is 17.5. The Labute approximate surface area is 181 Å². The molecule has 3 aromatic rings. The van der Waals surface area contributed by atoms with Crippen LogP contribution in [0.4, 0.5) is 11.5 Å². The van der Waals surface area contributed by atoms with E-state index in [0.29, 0.717) is 29.7 Å². The van der Waals surface area contributed by atoms with Crippen LogP contribution in [-0.4, -0.2) is 48.2 Å². The fraction of sp³-hybridized carbons (Fsp3) is 0.292. The number of hydrogen-bond donors (Lipinski definition) is 2. The first-order valence-corrected chi connectivity index (χ1v) is 10.6. The van der Waals surface area contributed by atoms with E-state index in [1.165, 1.54) is 5.69 Å². The van der Waals surface area contributed by atoms with Gasteiger partial charge < -0.3 is 20.7 Å². The number of aromatic nitrogens is 2. The maximum atomic E-state index is 12.0. The van der Waals surface area contributed by atoms with Crippen LogP contribution in [0.5, 0.6) is 0 Å². The molecule has 5 rings (SSSR count). The second-order valence-corrected chi connectivity index (χ2v) is 8.03. The van der Waals surface area contributed by atoms with Crippen molar-refractivity contribution in [2.24, 2.45) is 0 Å². The summed E-state index contributed by atoms with van der Waals surface area (Å²) >= 11 is 0. The smallest absolute Gasteiger partial charge is 0.251 e. The number of nitrogens with zero attached hydrogens (tertiary/aromatic N) is 3. The molecule has 1 amide bonds. The Balaban J connectivity index is 1.46. The van der Waals surface area contributed by atoms with E-state index in [9.17, 15) is 4.79 Å². The number of amides is 1. The van der Waals surface area contributed by atoms with Crippen molar-refractivity contribution in [1.29, 1.82) is 0 Å². The van der Waals surface area contributed by atoms with Crippen molar-refractivity contribution in [2.45, 2.75) is 19.4 Å². The lowest BCUT2D eigenvalue weighted by atomic mass is 9.96. The molecule has 1 fully saturated rings. The molecule has 7 heteroatoms. The minimum Gasteiger partial charge on any atom is -0.382 e. The summed E-state index contributed by atoms with van der Waals surface area (Å²) < 4.78 is 5.54. The first kappa shape index (κ1) is 19.5. The molecule has 1 unspecified atom stereocenters. The lowest BCUT2D eigenvalue weighted by Gasteiger charge is -2.35. The van der Waals surface area contributed by atoms with Gasteiger partial charge in [-0.25, -0.2) is 9.97 Å². The zero-order valence-electron chi connectivity index (χ0n) is 17.5. The minimum absolute atomic E-state index is 0.0321. The third-order valence-electron chi connectivity index (χ3n) is 5.97. The average molecular weight is 415 g/mol. The van der Waals surface area contributed by atoms with Gasteiger partial charge >= 0.3 is 0 Å². The Hall–Kier alpha value is -3.45. The fourth-order valence-electron chi connectivity index (χ4n) is 4.26. The van der Waals surface area contributed by atoms with Crippen molar-refractivity contribution in [3.8, 4) is 22.5 Å². The highest BCUT2D eigenvalue weighted by molar-refractivity contribution is 5.97. The van der Waals surface area contributed by atoms with Crippen LogP contribution in [0.15, 0.2) is 48.7 Å². The van der Waals surface area contributed by atoms with Gasteiger partial charge in [-0.05, 0) is 43.2 Å². The SMILES string of the molecule is CC1COCCN1c1ccc(-c2cnc(N)c(-c3ccc4c(c3)CCNC4=O)n2)cc1. The van der Waals surface area contributed by atoms with Gasteiger partial charge in [0.05, 0.1) is 25.1 Å². The summed E-state index contributed by atoms with van der Waals surface area (Å²) in [4.78, 5) is 23.6. The molecule has 0 radical (unpaired) electrons. The monoisotopic (exact) mass is 415 g/mol. The van der Waals surface area contributed by atoms with E-state index in [4.69, 9.17) is 15.5 Å². The van der Waals surface area contributed by atoms with Crippen molar-refractivity contribution in [3.05, 3.63) is 59.8 Å². The molecule has 2 aromatic carbocycles. The summed E-state index contributed by atoms with van der Waals surface area (Å²) in [6.45, 7) is 5.21. The van der Waals surface area contributed by atoms with Crippen LogP contribution in [0.3, 0.4) is 0 Å². The van der Waals surface area contributed by atoms with Gasteiger partial charge in [0.15, 0.2) is 0 Å². The van der Waals surface area contributed by atoms with E-state index >= 15 is 0 Å². The second kappa shape index (κ2) is 8.00. The third kappa shape index (κ3) is 3.72. The fourth-order valence-corrected chi connectivity index (χ4v) is 4.26. The normalized spacial score (nSPS) is 18.4. The standard InChI is InChI=1S/C24H25N5O2/c1-15-14-31-11-10-29(15)19-5-2-16(3-6-19)21-13-27-23(25)22(28-21)18-4-7-20-17(12-18)8-9-26-24(20)30/h2-7,12-13,15H,8-11,14H2,1H3,(H2,25,27)(H,26,30). The number of nitrogens with one attached hydrogen (secondary N) is 1. The van der Waals surface area contributed by atoms with Crippen molar-refractivity contribution in [1.82, 2.24) is 15.3 Å². The lowest BCUT2D eigenvalue weighted by Crippen LogP contribution is -2.43. The summed E-state index contributed by atoms with van der Waals surface area (Å²) in [5.41, 5.74) is 12.3. The number of carbonyl (C=O) groups excluding carboxylic acids is 1. The van der Waals surface area contributed by atoms with Crippen LogP contribution in [0.1, 0.15) is 22.8 Å². The van der Waals surface area contributed by atoms with Gasteiger partial charge in [-0.2, -0.15) is 0 Å². The predicted molar refractivity (Wildman–Crippen MR) is 121 cm³/mol. The van der Waals surface area contributed by atoms with E-state index in [0.717, 1.165) is 48.6 Å². The Bertz CT molecular complexity index is 1130. The molecule has 2 aliphatic rings. The van der Waals surface area contributed by atoms with Gasteiger partial charge in [-0.1, -0.05) is 18.2 Å². The Morgan fingerprint density at radius 2 is 1.97 bits per heavy atom. The second-order valence-electron chi connectivity index (χ2n) is 8.03. The van der Waals surface area contributed by atoms with Crippen LogP contribution in [0.2, 0.25) is 0 Å². The van der Waals surface area contributed by atoms with E-state index < -0.39 is 0 Å².